The molecule has 15 heavy (non-hydrogen) atoms. The number of likely N-dealkylation sites (N-methyl/N-ethyl adjacent to an activating group) is 1. The van der Waals surface area contributed by atoms with Gasteiger partial charge in [-0.25, -0.2) is 0 Å². The Morgan fingerprint density at radius 1 is 1.40 bits per heavy atom. The number of aliphatic carboxylic acids is 1. The number of carbonyl (C=O) groups is 2. The van der Waals surface area contributed by atoms with Crippen LogP contribution in [0.2, 0.25) is 0 Å². The van der Waals surface area contributed by atoms with Crippen molar-refractivity contribution in [1.29, 1.82) is 0 Å². The van der Waals surface area contributed by atoms with Crippen LogP contribution in [0.15, 0.2) is 0 Å². The molecule has 1 amide bonds. The van der Waals surface area contributed by atoms with Crippen LogP contribution in [0.5, 0.6) is 0 Å². The van der Waals surface area contributed by atoms with Crippen molar-refractivity contribution in [1.82, 2.24) is 10.2 Å². The second kappa shape index (κ2) is 5.11. The maximum Gasteiger partial charge on any atom is 0.306 e. The zero-order valence-electron chi connectivity index (χ0n) is 9.19. The van der Waals surface area contributed by atoms with Gasteiger partial charge in [0.05, 0.1) is 12.0 Å². The molecule has 1 fully saturated rings. The summed E-state index contributed by atoms with van der Waals surface area (Å²) in [5, 5.41) is 11.4. The molecule has 1 atom stereocenters. The predicted octanol–water partition coefficient (Wildman–Crippen LogP) is -0.0825. The van der Waals surface area contributed by atoms with Crippen LogP contribution in [0, 0.1) is 5.92 Å². The molecule has 0 bridgehead atoms. The molecule has 1 rings (SSSR count). The number of piperidine rings is 1. The molecule has 5 heteroatoms. The topological polar surface area (TPSA) is 69.6 Å². The van der Waals surface area contributed by atoms with E-state index in [4.69, 9.17) is 5.11 Å². The molecular weight excluding hydrogens is 196 g/mol. The number of carbonyl (C=O) groups excluding carboxylic acids is 1. The molecule has 1 aliphatic heterocycles. The number of nitrogens with zero attached hydrogens (tertiary/aromatic N) is 1. The summed E-state index contributed by atoms with van der Waals surface area (Å²) < 4.78 is 0. The first-order chi connectivity index (χ1) is 7.06. The zero-order valence-corrected chi connectivity index (χ0v) is 9.19. The van der Waals surface area contributed by atoms with Crippen molar-refractivity contribution in [3.05, 3.63) is 0 Å². The molecule has 0 spiro atoms. The number of likely N-dealkylation sites (tertiary alicyclic amines) is 1. The Labute approximate surface area is 89.4 Å². The van der Waals surface area contributed by atoms with Crippen molar-refractivity contribution in [3.8, 4) is 0 Å². The van der Waals surface area contributed by atoms with Crippen molar-refractivity contribution >= 4 is 11.9 Å². The third kappa shape index (κ3) is 2.92. The minimum Gasteiger partial charge on any atom is -0.481 e. The Balaban J connectivity index is 2.43. The molecule has 1 unspecified atom stereocenters. The Hall–Kier alpha value is -1.10. The molecule has 0 saturated carbocycles. The first kappa shape index (κ1) is 12.0. The van der Waals surface area contributed by atoms with Crippen LogP contribution >= 0.6 is 0 Å². The van der Waals surface area contributed by atoms with Gasteiger partial charge in [0.2, 0.25) is 5.91 Å². The first-order valence-electron chi connectivity index (χ1n) is 5.24. The van der Waals surface area contributed by atoms with Gasteiger partial charge in [0, 0.05) is 7.05 Å². The van der Waals surface area contributed by atoms with E-state index in [9.17, 15) is 9.59 Å². The van der Waals surface area contributed by atoms with Gasteiger partial charge in [-0.3, -0.25) is 14.5 Å². The zero-order chi connectivity index (χ0) is 11.4. The van der Waals surface area contributed by atoms with Crippen molar-refractivity contribution in [2.24, 2.45) is 5.92 Å². The molecule has 0 aromatic rings. The van der Waals surface area contributed by atoms with E-state index in [1.165, 1.54) is 0 Å². The van der Waals surface area contributed by atoms with Gasteiger partial charge >= 0.3 is 5.97 Å². The second-order valence-electron chi connectivity index (χ2n) is 3.94. The molecule has 86 valence electrons. The van der Waals surface area contributed by atoms with E-state index >= 15 is 0 Å². The molecule has 1 aliphatic rings. The number of hydrogen-bond acceptors (Lipinski definition) is 3. The lowest BCUT2D eigenvalue weighted by molar-refractivity contribution is -0.143. The summed E-state index contributed by atoms with van der Waals surface area (Å²) in [6, 6.07) is -0.162. The summed E-state index contributed by atoms with van der Waals surface area (Å²) >= 11 is 0. The number of rotatable bonds is 3. The van der Waals surface area contributed by atoms with Crippen LogP contribution in [0.3, 0.4) is 0 Å². The molecule has 1 saturated heterocycles. The van der Waals surface area contributed by atoms with Crippen LogP contribution in [0.25, 0.3) is 0 Å². The Bertz CT molecular complexity index is 247. The standard InChI is InChI=1S/C10H18N2O3/c1-7(9(13)11-2)12-5-3-8(4-6-12)10(14)15/h7-8H,3-6H2,1-2H3,(H,11,13)(H,14,15). The average Bonchev–Trinajstić information content (AvgIpc) is 2.27. The van der Waals surface area contributed by atoms with E-state index in [-0.39, 0.29) is 17.9 Å². The van der Waals surface area contributed by atoms with Gasteiger partial charge in [0.15, 0.2) is 0 Å². The molecule has 0 aromatic carbocycles. The summed E-state index contributed by atoms with van der Waals surface area (Å²) in [6.07, 6.45) is 1.27. The third-order valence-electron chi connectivity index (χ3n) is 3.05. The van der Waals surface area contributed by atoms with Crippen LogP contribution in [0.1, 0.15) is 19.8 Å². The molecule has 0 aliphatic carbocycles. The second-order valence-corrected chi connectivity index (χ2v) is 3.94. The highest BCUT2D eigenvalue weighted by Crippen LogP contribution is 2.18. The lowest BCUT2D eigenvalue weighted by atomic mass is 9.96. The molecule has 0 radical (unpaired) electrons. The monoisotopic (exact) mass is 214 g/mol. The quantitative estimate of drug-likeness (QED) is 0.689. The molecule has 1 heterocycles. The van der Waals surface area contributed by atoms with E-state index in [2.05, 4.69) is 5.32 Å². The van der Waals surface area contributed by atoms with Gasteiger partial charge in [-0.05, 0) is 32.9 Å². The summed E-state index contributed by atoms with van der Waals surface area (Å²) in [7, 11) is 1.61. The van der Waals surface area contributed by atoms with E-state index in [0.29, 0.717) is 25.9 Å². The highest BCUT2D eigenvalue weighted by atomic mass is 16.4. The molecule has 2 N–H and O–H groups in total. The van der Waals surface area contributed by atoms with Crippen molar-refractivity contribution in [2.45, 2.75) is 25.8 Å². The van der Waals surface area contributed by atoms with Crippen LogP contribution < -0.4 is 5.32 Å². The van der Waals surface area contributed by atoms with E-state index in [1.54, 1.807) is 7.05 Å². The SMILES string of the molecule is CNC(=O)C(C)N1CCC(C(=O)O)CC1. The van der Waals surface area contributed by atoms with E-state index < -0.39 is 5.97 Å². The fourth-order valence-corrected chi connectivity index (χ4v) is 1.91. The van der Waals surface area contributed by atoms with E-state index in [0.717, 1.165) is 0 Å². The number of amides is 1. The number of nitrogens with one attached hydrogen (secondary N) is 1. The normalized spacial score (nSPS) is 20.9. The average molecular weight is 214 g/mol. The van der Waals surface area contributed by atoms with Crippen molar-refractivity contribution < 1.29 is 14.7 Å². The van der Waals surface area contributed by atoms with Crippen LogP contribution in [0.4, 0.5) is 0 Å². The summed E-state index contributed by atoms with van der Waals surface area (Å²) in [4.78, 5) is 24.1. The Kier molecular flexibility index (Phi) is 4.08. The molecular formula is C10H18N2O3. The van der Waals surface area contributed by atoms with Crippen LogP contribution in [-0.2, 0) is 9.59 Å². The van der Waals surface area contributed by atoms with Gasteiger partial charge < -0.3 is 10.4 Å². The van der Waals surface area contributed by atoms with Gasteiger partial charge in [0.25, 0.3) is 0 Å². The van der Waals surface area contributed by atoms with Crippen LogP contribution in [-0.4, -0.2) is 48.1 Å². The largest absolute Gasteiger partial charge is 0.481 e. The summed E-state index contributed by atoms with van der Waals surface area (Å²) in [5.41, 5.74) is 0. The maximum atomic E-state index is 11.4. The van der Waals surface area contributed by atoms with E-state index in [1.807, 2.05) is 11.8 Å². The van der Waals surface area contributed by atoms with Gasteiger partial charge in [-0.1, -0.05) is 0 Å². The predicted molar refractivity (Wildman–Crippen MR) is 55.5 cm³/mol. The highest BCUT2D eigenvalue weighted by molar-refractivity contribution is 5.81. The number of carboxylic acids is 1. The van der Waals surface area contributed by atoms with Gasteiger partial charge in [-0.15, -0.1) is 0 Å². The van der Waals surface area contributed by atoms with Crippen molar-refractivity contribution in [2.75, 3.05) is 20.1 Å². The smallest absolute Gasteiger partial charge is 0.306 e. The van der Waals surface area contributed by atoms with Crippen molar-refractivity contribution in [3.63, 3.8) is 0 Å². The highest BCUT2D eigenvalue weighted by Gasteiger charge is 2.28. The Morgan fingerprint density at radius 2 is 1.93 bits per heavy atom. The fourth-order valence-electron chi connectivity index (χ4n) is 1.91. The third-order valence-corrected chi connectivity index (χ3v) is 3.05. The fraction of sp³-hybridized carbons (Fsp3) is 0.800. The van der Waals surface area contributed by atoms with Gasteiger partial charge in [0.1, 0.15) is 0 Å². The summed E-state index contributed by atoms with van der Waals surface area (Å²) in [6.45, 7) is 3.22. The maximum absolute atomic E-state index is 11.4. The summed E-state index contributed by atoms with van der Waals surface area (Å²) in [5.74, 6) is -0.968. The lowest BCUT2D eigenvalue weighted by Crippen LogP contribution is -2.48. The first-order valence-corrected chi connectivity index (χ1v) is 5.24. The number of carboxylic acid groups (broad SMARTS) is 1. The molecule has 0 aromatic heterocycles. The molecule has 5 nitrogen and oxygen atoms in total. The minimum atomic E-state index is -0.720. The number of hydrogen-bond donors (Lipinski definition) is 2. The Morgan fingerprint density at radius 3 is 2.33 bits per heavy atom. The lowest BCUT2D eigenvalue weighted by Gasteiger charge is -2.33. The minimum absolute atomic E-state index is 0.0104. The van der Waals surface area contributed by atoms with Gasteiger partial charge in [-0.2, -0.15) is 0 Å².